The molecule has 1 aromatic rings. The first-order valence-corrected chi connectivity index (χ1v) is 4.71. The van der Waals surface area contributed by atoms with Crippen molar-refractivity contribution in [2.24, 2.45) is 5.73 Å². The molecule has 14 heavy (non-hydrogen) atoms. The van der Waals surface area contributed by atoms with Crippen LogP contribution >= 0.6 is 28.3 Å². The first-order chi connectivity index (χ1) is 6.15. The van der Waals surface area contributed by atoms with E-state index in [1.165, 1.54) is 6.07 Å². The van der Waals surface area contributed by atoms with Gasteiger partial charge in [0.25, 0.3) is 0 Å². The molecule has 2 N–H and O–H groups in total. The van der Waals surface area contributed by atoms with E-state index in [9.17, 15) is 8.78 Å². The van der Waals surface area contributed by atoms with Crippen LogP contribution in [0.1, 0.15) is 18.0 Å². The Morgan fingerprint density at radius 3 is 2.57 bits per heavy atom. The summed E-state index contributed by atoms with van der Waals surface area (Å²) in [6.07, 6.45) is 0.151. The van der Waals surface area contributed by atoms with Gasteiger partial charge in [-0.05, 0) is 18.6 Å². The van der Waals surface area contributed by atoms with Gasteiger partial charge in [0.05, 0.1) is 6.67 Å². The Balaban J connectivity index is 0.00000169. The average molecular weight is 287 g/mol. The molecule has 0 saturated heterocycles. The fourth-order valence-corrected chi connectivity index (χ4v) is 1.41. The van der Waals surface area contributed by atoms with E-state index >= 15 is 0 Å². The third-order valence-corrected chi connectivity index (χ3v) is 2.28. The lowest BCUT2D eigenvalue weighted by Gasteiger charge is -2.10. The van der Waals surface area contributed by atoms with Crippen LogP contribution in [0.3, 0.4) is 0 Å². The van der Waals surface area contributed by atoms with Gasteiger partial charge >= 0.3 is 0 Å². The fourth-order valence-electron chi connectivity index (χ4n) is 1.08. The van der Waals surface area contributed by atoms with Crippen molar-refractivity contribution in [1.82, 2.24) is 0 Å². The van der Waals surface area contributed by atoms with Gasteiger partial charge in [0.15, 0.2) is 0 Å². The lowest BCUT2D eigenvalue weighted by molar-refractivity contribution is 0.435. The molecule has 0 spiro atoms. The second kappa shape index (κ2) is 6.32. The summed E-state index contributed by atoms with van der Waals surface area (Å²) in [6.45, 7) is -0.531. The van der Waals surface area contributed by atoms with Crippen molar-refractivity contribution in [3.05, 3.63) is 34.1 Å². The van der Waals surface area contributed by atoms with Crippen molar-refractivity contribution in [2.75, 3.05) is 6.67 Å². The molecule has 0 heterocycles. The largest absolute Gasteiger partial charge is 0.324 e. The summed E-state index contributed by atoms with van der Waals surface area (Å²) in [6, 6.07) is 4.03. The third-order valence-electron chi connectivity index (χ3n) is 1.78. The number of hydrogen-bond donors (Lipinski definition) is 1. The van der Waals surface area contributed by atoms with Crippen LogP contribution < -0.4 is 5.73 Å². The van der Waals surface area contributed by atoms with Gasteiger partial charge in [0.2, 0.25) is 0 Å². The van der Waals surface area contributed by atoms with E-state index in [1.54, 1.807) is 12.1 Å². The predicted molar refractivity (Wildman–Crippen MR) is 58.9 cm³/mol. The van der Waals surface area contributed by atoms with Gasteiger partial charge < -0.3 is 5.73 Å². The SMILES string of the molecule is Cl.N[C@@H](CCF)c1ccc(Br)cc1F. The Kier molecular flexibility index (Phi) is 6.24. The number of nitrogens with two attached hydrogens (primary N) is 1. The first-order valence-electron chi connectivity index (χ1n) is 3.91. The molecular formula is C9H11BrClF2N. The molecule has 0 saturated carbocycles. The lowest BCUT2D eigenvalue weighted by atomic mass is 10.1. The lowest BCUT2D eigenvalue weighted by Crippen LogP contribution is -2.12. The highest BCUT2D eigenvalue weighted by atomic mass is 79.9. The second-order valence-corrected chi connectivity index (χ2v) is 3.67. The average Bonchev–Trinajstić information content (AvgIpc) is 2.04. The molecule has 80 valence electrons. The quantitative estimate of drug-likeness (QED) is 0.906. The van der Waals surface area contributed by atoms with Crippen molar-refractivity contribution in [3.8, 4) is 0 Å². The molecule has 0 aliphatic heterocycles. The predicted octanol–water partition coefficient (Wildman–Crippen LogP) is 3.37. The van der Waals surface area contributed by atoms with E-state index in [0.717, 1.165) is 0 Å². The molecule has 1 aromatic carbocycles. The Hall–Kier alpha value is -0.190. The third kappa shape index (κ3) is 3.52. The summed E-state index contributed by atoms with van der Waals surface area (Å²) in [4.78, 5) is 0. The van der Waals surface area contributed by atoms with Crippen molar-refractivity contribution in [3.63, 3.8) is 0 Å². The van der Waals surface area contributed by atoms with Gasteiger partial charge in [-0.25, -0.2) is 4.39 Å². The van der Waals surface area contributed by atoms with Crippen molar-refractivity contribution < 1.29 is 8.78 Å². The van der Waals surface area contributed by atoms with Crippen molar-refractivity contribution in [1.29, 1.82) is 0 Å². The normalized spacial score (nSPS) is 12.0. The second-order valence-electron chi connectivity index (χ2n) is 2.75. The van der Waals surface area contributed by atoms with Gasteiger partial charge in [0, 0.05) is 16.1 Å². The first kappa shape index (κ1) is 13.8. The van der Waals surface area contributed by atoms with Crippen LogP contribution in [0.15, 0.2) is 22.7 Å². The van der Waals surface area contributed by atoms with Crippen LogP contribution in [0.4, 0.5) is 8.78 Å². The van der Waals surface area contributed by atoms with Crippen LogP contribution in [-0.2, 0) is 0 Å². The highest BCUT2D eigenvalue weighted by Crippen LogP contribution is 2.21. The minimum Gasteiger partial charge on any atom is -0.324 e. The number of hydrogen-bond acceptors (Lipinski definition) is 1. The number of halogens is 4. The summed E-state index contributed by atoms with van der Waals surface area (Å²) < 4.78 is 25.8. The molecule has 0 aliphatic carbocycles. The molecule has 0 bridgehead atoms. The van der Waals surface area contributed by atoms with Crippen LogP contribution in [0, 0.1) is 5.82 Å². The molecule has 0 amide bonds. The molecule has 0 radical (unpaired) electrons. The number of alkyl halides is 1. The number of rotatable bonds is 3. The van der Waals surface area contributed by atoms with E-state index in [4.69, 9.17) is 5.73 Å². The van der Waals surface area contributed by atoms with E-state index in [0.29, 0.717) is 10.0 Å². The molecule has 0 fully saturated rings. The molecule has 5 heteroatoms. The molecule has 1 atom stereocenters. The summed E-state index contributed by atoms with van der Waals surface area (Å²) in [5.74, 6) is -0.393. The van der Waals surface area contributed by atoms with Crippen molar-refractivity contribution >= 4 is 28.3 Å². The Labute approximate surface area is 96.2 Å². The zero-order valence-corrected chi connectivity index (χ0v) is 9.75. The van der Waals surface area contributed by atoms with E-state index in [-0.39, 0.29) is 18.8 Å². The van der Waals surface area contributed by atoms with Gasteiger partial charge in [-0.2, -0.15) is 0 Å². The van der Waals surface area contributed by atoms with Crippen LogP contribution in [0.5, 0.6) is 0 Å². The van der Waals surface area contributed by atoms with E-state index in [2.05, 4.69) is 15.9 Å². The van der Waals surface area contributed by atoms with Crippen LogP contribution in [0.2, 0.25) is 0 Å². The molecule has 0 aromatic heterocycles. The summed E-state index contributed by atoms with van der Waals surface area (Å²) in [7, 11) is 0. The highest BCUT2D eigenvalue weighted by molar-refractivity contribution is 9.10. The van der Waals surface area contributed by atoms with Crippen LogP contribution in [-0.4, -0.2) is 6.67 Å². The molecule has 1 rings (SSSR count). The maximum absolute atomic E-state index is 13.2. The molecule has 0 aliphatic rings. The minimum atomic E-state index is -0.557. The van der Waals surface area contributed by atoms with Crippen molar-refractivity contribution in [2.45, 2.75) is 12.5 Å². The maximum atomic E-state index is 13.2. The van der Waals surface area contributed by atoms with E-state index in [1.807, 2.05) is 0 Å². The Morgan fingerprint density at radius 2 is 2.07 bits per heavy atom. The highest BCUT2D eigenvalue weighted by Gasteiger charge is 2.10. The minimum absolute atomic E-state index is 0. The van der Waals surface area contributed by atoms with E-state index < -0.39 is 18.5 Å². The van der Waals surface area contributed by atoms with Gasteiger partial charge in [-0.3, -0.25) is 4.39 Å². The number of benzene rings is 1. The fraction of sp³-hybridized carbons (Fsp3) is 0.333. The Morgan fingerprint density at radius 1 is 1.43 bits per heavy atom. The Bertz CT molecular complexity index is 296. The van der Waals surface area contributed by atoms with Gasteiger partial charge in [-0.15, -0.1) is 12.4 Å². The van der Waals surface area contributed by atoms with Crippen LogP contribution in [0.25, 0.3) is 0 Å². The summed E-state index contributed by atoms with van der Waals surface area (Å²) in [5.41, 5.74) is 5.92. The molecular weight excluding hydrogens is 275 g/mol. The maximum Gasteiger partial charge on any atom is 0.129 e. The molecule has 0 unspecified atom stereocenters. The monoisotopic (exact) mass is 285 g/mol. The smallest absolute Gasteiger partial charge is 0.129 e. The zero-order chi connectivity index (χ0) is 9.84. The summed E-state index contributed by atoms with van der Waals surface area (Å²) >= 11 is 3.13. The molecule has 1 nitrogen and oxygen atoms in total. The van der Waals surface area contributed by atoms with Gasteiger partial charge in [-0.1, -0.05) is 22.0 Å². The standard InChI is InChI=1S/C9H10BrF2N.ClH/c10-6-1-2-7(8(12)5-6)9(13)3-4-11;/h1-2,5,9H,3-4,13H2;1H/t9-;/m0./s1. The van der Waals surface area contributed by atoms with Gasteiger partial charge in [0.1, 0.15) is 5.82 Å². The summed E-state index contributed by atoms with van der Waals surface area (Å²) in [5, 5.41) is 0. The topological polar surface area (TPSA) is 26.0 Å². The zero-order valence-electron chi connectivity index (χ0n) is 7.34.